The largest absolute Gasteiger partial charge is 0.493 e. The van der Waals surface area contributed by atoms with Crippen LogP contribution >= 0.6 is 11.6 Å². The van der Waals surface area contributed by atoms with Crippen LogP contribution in [0.25, 0.3) is 0 Å². The molecular formula is C30H34ClF4NO4S. The highest BCUT2D eigenvalue weighted by atomic mass is 35.5. The van der Waals surface area contributed by atoms with E-state index in [0.717, 1.165) is 24.0 Å². The molecule has 0 radical (unpaired) electrons. The van der Waals surface area contributed by atoms with E-state index in [2.05, 4.69) is 0 Å². The van der Waals surface area contributed by atoms with Gasteiger partial charge in [0, 0.05) is 37.5 Å². The maximum absolute atomic E-state index is 14.9. The monoisotopic (exact) mass is 615 g/mol. The van der Waals surface area contributed by atoms with Gasteiger partial charge in [0.05, 0.1) is 27.7 Å². The quantitative estimate of drug-likeness (QED) is 0.172. The number of aliphatic hydroxyl groups is 1. The molecule has 3 aromatic rings. The summed E-state index contributed by atoms with van der Waals surface area (Å²) in [5.41, 5.74) is -1.56. The first-order valence-electron chi connectivity index (χ1n) is 13.0. The van der Waals surface area contributed by atoms with Crippen LogP contribution in [-0.4, -0.2) is 44.4 Å². The van der Waals surface area contributed by atoms with Crippen LogP contribution in [0, 0.1) is 5.82 Å². The maximum Gasteiger partial charge on any atom is 0.417 e. The molecule has 5 nitrogen and oxygen atoms in total. The number of alkyl halides is 3. The first kappa shape index (κ1) is 32.8. The second-order valence-corrected chi connectivity index (χ2v) is 13.0. The van der Waals surface area contributed by atoms with E-state index >= 15 is 0 Å². The predicted octanol–water partition coefficient (Wildman–Crippen LogP) is 7.20. The van der Waals surface area contributed by atoms with Crippen molar-refractivity contribution in [3.8, 4) is 5.75 Å². The summed E-state index contributed by atoms with van der Waals surface area (Å²) in [5, 5.41) is 9.97. The highest BCUT2D eigenvalue weighted by molar-refractivity contribution is 7.90. The molecule has 0 aliphatic heterocycles. The molecular weight excluding hydrogens is 582 g/mol. The molecule has 1 atom stereocenters. The summed E-state index contributed by atoms with van der Waals surface area (Å²) in [4.78, 5) is 1.61. The molecule has 0 saturated heterocycles. The molecule has 0 bridgehead atoms. The van der Waals surface area contributed by atoms with E-state index in [1.165, 1.54) is 26.0 Å². The van der Waals surface area contributed by atoms with Crippen LogP contribution in [0.4, 0.5) is 17.6 Å². The summed E-state index contributed by atoms with van der Waals surface area (Å²) >= 11 is 6.17. The fourth-order valence-electron chi connectivity index (χ4n) is 4.68. The lowest BCUT2D eigenvalue weighted by atomic mass is 9.97. The van der Waals surface area contributed by atoms with Gasteiger partial charge in [0.2, 0.25) is 0 Å². The van der Waals surface area contributed by atoms with Crippen molar-refractivity contribution in [1.82, 2.24) is 4.90 Å². The summed E-state index contributed by atoms with van der Waals surface area (Å²) in [7, 11) is -3.88. The molecule has 41 heavy (non-hydrogen) atoms. The molecule has 0 aliphatic rings. The Hall–Kier alpha value is -2.66. The lowest BCUT2D eigenvalue weighted by Gasteiger charge is -2.27. The van der Waals surface area contributed by atoms with Crippen LogP contribution in [0.1, 0.15) is 55.4 Å². The van der Waals surface area contributed by atoms with E-state index in [9.17, 15) is 31.1 Å². The third-order valence-corrected chi connectivity index (χ3v) is 8.17. The number of nitrogens with zero attached hydrogens (tertiary/aromatic N) is 1. The lowest BCUT2D eigenvalue weighted by molar-refractivity contribution is -0.137. The van der Waals surface area contributed by atoms with Crippen LogP contribution < -0.4 is 4.74 Å². The molecule has 1 unspecified atom stereocenters. The fraction of sp³-hybridized carbons (Fsp3) is 0.400. The lowest BCUT2D eigenvalue weighted by Crippen LogP contribution is -2.30. The van der Waals surface area contributed by atoms with E-state index in [-0.39, 0.29) is 40.3 Å². The van der Waals surface area contributed by atoms with E-state index in [1.54, 1.807) is 6.07 Å². The zero-order valence-electron chi connectivity index (χ0n) is 23.3. The highest BCUT2D eigenvalue weighted by Gasteiger charge is 2.34. The molecule has 0 amide bonds. The van der Waals surface area contributed by atoms with Gasteiger partial charge < -0.3 is 9.84 Å². The summed E-state index contributed by atoms with van der Waals surface area (Å²) in [6, 6.07) is 15.8. The van der Waals surface area contributed by atoms with Gasteiger partial charge in [-0.3, -0.25) is 4.90 Å². The van der Waals surface area contributed by atoms with Gasteiger partial charge in [-0.05, 0) is 49.4 Å². The summed E-state index contributed by atoms with van der Waals surface area (Å²) in [6.07, 6.45) is -3.25. The topological polar surface area (TPSA) is 66.8 Å². The van der Waals surface area contributed by atoms with Crippen molar-refractivity contribution in [2.24, 2.45) is 0 Å². The highest BCUT2D eigenvalue weighted by Crippen LogP contribution is 2.37. The van der Waals surface area contributed by atoms with Gasteiger partial charge >= 0.3 is 6.18 Å². The van der Waals surface area contributed by atoms with Crippen molar-refractivity contribution in [2.75, 3.05) is 26.0 Å². The minimum absolute atomic E-state index is 0.0129. The smallest absolute Gasteiger partial charge is 0.417 e. The second kappa shape index (κ2) is 13.1. The van der Waals surface area contributed by atoms with Gasteiger partial charge in [0.25, 0.3) is 0 Å². The number of hydrogen-bond donors (Lipinski definition) is 1. The fourth-order valence-corrected chi connectivity index (χ4v) is 6.02. The van der Waals surface area contributed by atoms with Gasteiger partial charge in [0.15, 0.2) is 9.84 Å². The minimum Gasteiger partial charge on any atom is -0.493 e. The van der Waals surface area contributed by atoms with Crippen LogP contribution in [0.15, 0.2) is 65.6 Å². The number of hydrogen-bond acceptors (Lipinski definition) is 5. The van der Waals surface area contributed by atoms with Crippen molar-refractivity contribution in [2.45, 2.75) is 56.3 Å². The van der Waals surface area contributed by atoms with Crippen molar-refractivity contribution in [3.63, 3.8) is 0 Å². The van der Waals surface area contributed by atoms with Crippen LogP contribution in [-0.2, 0) is 28.2 Å². The Balaban J connectivity index is 1.78. The van der Waals surface area contributed by atoms with E-state index in [4.69, 9.17) is 16.3 Å². The Kier molecular flexibility index (Phi) is 10.5. The van der Waals surface area contributed by atoms with Crippen molar-refractivity contribution < 1.29 is 35.8 Å². The van der Waals surface area contributed by atoms with Crippen LogP contribution in [0.3, 0.4) is 0 Å². The molecule has 0 saturated carbocycles. The average molecular weight is 616 g/mol. The molecule has 1 N–H and O–H groups in total. The molecule has 3 rings (SSSR count). The van der Waals surface area contributed by atoms with Gasteiger partial charge in [-0.1, -0.05) is 61.0 Å². The number of sulfone groups is 1. The van der Waals surface area contributed by atoms with Gasteiger partial charge in [0.1, 0.15) is 11.6 Å². The average Bonchev–Trinajstić information content (AvgIpc) is 2.85. The van der Waals surface area contributed by atoms with E-state index < -0.39 is 33.0 Å². The molecule has 0 fully saturated rings. The Bertz CT molecular complexity index is 1440. The second-order valence-electron chi connectivity index (χ2n) is 10.6. The van der Waals surface area contributed by atoms with Gasteiger partial charge in [-0.2, -0.15) is 13.2 Å². The number of benzene rings is 3. The molecule has 3 aromatic carbocycles. The summed E-state index contributed by atoms with van der Waals surface area (Å²) < 4.78 is 85.5. The first-order valence-corrected chi connectivity index (χ1v) is 15.3. The Morgan fingerprint density at radius 1 is 1.05 bits per heavy atom. The van der Waals surface area contributed by atoms with E-state index in [1.807, 2.05) is 42.2 Å². The minimum atomic E-state index is -4.58. The van der Waals surface area contributed by atoms with Gasteiger partial charge in [-0.15, -0.1) is 0 Å². The molecule has 224 valence electrons. The van der Waals surface area contributed by atoms with Crippen LogP contribution in [0.2, 0.25) is 5.02 Å². The maximum atomic E-state index is 14.9. The van der Waals surface area contributed by atoms with Crippen molar-refractivity contribution in [1.29, 1.82) is 0 Å². The van der Waals surface area contributed by atoms with Crippen LogP contribution in [0.5, 0.6) is 5.75 Å². The third-order valence-electron chi connectivity index (χ3n) is 6.60. The molecule has 0 aliphatic carbocycles. The van der Waals surface area contributed by atoms with Crippen molar-refractivity contribution in [3.05, 3.63) is 93.8 Å². The normalized spacial score (nSPS) is 13.4. The molecule has 0 spiro atoms. The zero-order chi connectivity index (χ0) is 30.6. The Morgan fingerprint density at radius 2 is 1.71 bits per heavy atom. The molecule has 11 heteroatoms. The first-order chi connectivity index (χ1) is 19.0. The van der Waals surface area contributed by atoms with E-state index in [0.29, 0.717) is 25.1 Å². The molecule has 0 heterocycles. The Labute approximate surface area is 243 Å². The summed E-state index contributed by atoms with van der Waals surface area (Å²) in [6.45, 7) is 5.78. The predicted molar refractivity (Wildman–Crippen MR) is 151 cm³/mol. The number of rotatable bonds is 12. The molecule has 0 aromatic heterocycles. The zero-order valence-corrected chi connectivity index (χ0v) is 24.9. The number of halogens is 5. The van der Waals surface area contributed by atoms with Crippen molar-refractivity contribution >= 4 is 21.4 Å². The number of ether oxygens (including phenoxy) is 1. The standard InChI is InChI=1S/C30H34ClF4NO4S/c1-20(21-10-6-5-7-11-21)18-36(19-22-12-8-13-24(28(22)31)30(33,34)35)14-9-15-40-23-16-25(32)27(29(2,3)37)26(17-23)41(4,38)39/h5-8,10-13,16-17,20,37H,9,14-15,18-19H2,1-4H3. The summed E-state index contributed by atoms with van der Waals surface area (Å²) in [5.74, 6) is -0.864. The third kappa shape index (κ3) is 8.91. The van der Waals surface area contributed by atoms with Gasteiger partial charge in [-0.25, -0.2) is 12.8 Å². The Morgan fingerprint density at radius 3 is 2.29 bits per heavy atom. The SMILES string of the molecule is CC(CN(CCCOc1cc(F)c(C(C)(C)O)c(S(C)(=O)=O)c1)Cc1cccc(C(F)(F)F)c1Cl)c1ccccc1.